The number of amides is 1. The maximum atomic E-state index is 12.8. The molecular weight excluding hydrogens is 364 g/mol. The van der Waals surface area contributed by atoms with Gasteiger partial charge in [0.2, 0.25) is 0 Å². The van der Waals surface area contributed by atoms with Crippen molar-refractivity contribution in [3.05, 3.63) is 46.0 Å². The number of rotatable bonds is 5. The summed E-state index contributed by atoms with van der Waals surface area (Å²) in [6, 6.07) is 7.65. The second kappa shape index (κ2) is 7.87. The Hall–Kier alpha value is -2.74. The van der Waals surface area contributed by atoms with E-state index in [0.29, 0.717) is 23.6 Å². The van der Waals surface area contributed by atoms with Gasteiger partial charge in [0, 0.05) is 6.54 Å². The first-order valence-electron chi connectivity index (χ1n) is 8.82. The summed E-state index contributed by atoms with van der Waals surface area (Å²) in [5.74, 6) is -0.737. The summed E-state index contributed by atoms with van der Waals surface area (Å²) >= 11 is 1.38. The number of carbonyl (C=O) groups excluding carboxylic acids is 2. The molecule has 0 aliphatic carbocycles. The Labute approximate surface area is 160 Å². The van der Waals surface area contributed by atoms with Crippen LogP contribution in [0.3, 0.4) is 0 Å². The van der Waals surface area contributed by atoms with Crippen LogP contribution in [-0.2, 0) is 22.6 Å². The van der Waals surface area contributed by atoms with E-state index in [1.54, 1.807) is 22.2 Å². The van der Waals surface area contributed by atoms with Crippen molar-refractivity contribution in [3.8, 4) is 0 Å². The van der Waals surface area contributed by atoms with Crippen molar-refractivity contribution in [1.29, 1.82) is 0 Å². The van der Waals surface area contributed by atoms with E-state index in [9.17, 15) is 9.59 Å². The number of carbonyl (C=O) groups is 2. The molecule has 0 saturated heterocycles. The summed E-state index contributed by atoms with van der Waals surface area (Å²) in [6.45, 7) is 8.42. The van der Waals surface area contributed by atoms with Gasteiger partial charge in [-0.2, -0.15) is 10.1 Å². The van der Waals surface area contributed by atoms with Gasteiger partial charge in [-0.05, 0) is 51.5 Å². The molecule has 0 aliphatic heterocycles. The topological polar surface area (TPSA) is 78.5 Å². The molecular formula is C19H22N4O3S. The molecule has 0 unspecified atom stereocenters. The minimum absolute atomic E-state index is 0.00901. The molecule has 0 N–H and O–H groups in total. The molecule has 0 radical (unpaired) electrons. The molecule has 7 nitrogen and oxygen atoms in total. The Bertz CT molecular complexity index is 1070. The van der Waals surface area contributed by atoms with Crippen LogP contribution in [0, 0.1) is 13.8 Å². The SMILES string of the molecule is CCOC(=O)Cn1c(=NC(=O)c2cc(C)nn2CC)sc2cc(C)ccc21. The van der Waals surface area contributed by atoms with E-state index in [1.807, 2.05) is 39.0 Å². The van der Waals surface area contributed by atoms with Gasteiger partial charge < -0.3 is 9.30 Å². The van der Waals surface area contributed by atoms with E-state index in [0.717, 1.165) is 21.5 Å². The third-order valence-electron chi connectivity index (χ3n) is 4.05. The van der Waals surface area contributed by atoms with Crippen LogP contribution in [0.2, 0.25) is 0 Å². The van der Waals surface area contributed by atoms with Gasteiger partial charge in [-0.25, -0.2) is 0 Å². The van der Waals surface area contributed by atoms with E-state index in [4.69, 9.17) is 4.74 Å². The van der Waals surface area contributed by atoms with Crippen LogP contribution in [-0.4, -0.2) is 32.8 Å². The van der Waals surface area contributed by atoms with Crippen molar-refractivity contribution >= 4 is 33.4 Å². The molecule has 0 saturated carbocycles. The number of hydrogen-bond acceptors (Lipinski definition) is 5. The molecule has 0 spiro atoms. The van der Waals surface area contributed by atoms with Crippen molar-refractivity contribution in [3.63, 3.8) is 0 Å². The van der Waals surface area contributed by atoms with Gasteiger partial charge in [-0.3, -0.25) is 14.3 Å². The van der Waals surface area contributed by atoms with Crippen molar-refractivity contribution in [2.75, 3.05) is 6.61 Å². The number of nitrogens with zero attached hydrogens (tertiary/aromatic N) is 4. The first-order chi connectivity index (χ1) is 12.9. The summed E-state index contributed by atoms with van der Waals surface area (Å²) in [5.41, 5.74) is 3.16. The van der Waals surface area contributed by atoms with Crippen LogP contribution in [0.5, 0.6) is 0 Å². The average molecular weight is 386 g/mol. The third-order valence-corrected chi connectivity index (χ3v) is 5.09. The highest BCUT2D eigenvalue weighted by Gasteiger charge is 2.15. The molecule has 0 fully saturated rings. The molecule has 0 bridgehead atoms. The lowest BCUT2D eigenvalue weighted by Crippen LogP contribution is -2.23. The minimum Gasteiger partial charge on any atom is -0.465 e. The van der Waals surface area contributed by atoms with E-state index in [1.165, 1.54) is 11.3 Å². The second-order valence-corrected chi connectivity index (χ2v) is 7.16. The van der Waals surface area contributed by atoms with Gasteiger partial charge in [0.25, 0.3) is 5.91 Å². The number of ether oxygens (including phenoxy) is 1. The van der Waals surface area contributed by atoms with E-state index >= 15 is 0 Å². The molecule has 1 aromatic carbocycles. The number of aromatic nitrogens is 3. The van der Waals surface area contributed by atoms with Crippen molar-refractivity contribution in [2.45, 2.75) is 40.8 Å². The summed E-state index contributed by atoms with van der Waals surface area (Å²) in [5, 5.41) is 4.30. The number of benzene rings is 1. The standard InChI is InChI=1S/C19H22N4O3S/c1-5-23-15(10-13(4)21-23)18(25)20-19-22(11-17(24)26-6-2)14-8-7-12(3)9-16(14)27-19/h7-10H,5-6,11H2,1-4H3. The van der Waals surface area contributed by atoms with Crippen molar-refractivity contribution < 1.29 is 14.3 Å². The zero-order valence-electron chi connectivity index (χ0n) is 15.9. The molecule has 2 aromatic heterocycles. The molecule has 27 heavy (non-hydrogen) atoms. The zero-order chi connectivity index (χ0) is 19.6. The summed E-state index contributed by atoms with van der Waals surface area (Å²) in [6.07, 6.45) is 0. The van der Waals surface area contributed by atoms with Crippen molar-refractivity contribution in [1.82, 2.24) is 14.3 Å². The first-order valence-corrected chi connectivity index (χ1v) is 9.63. The lowest BCUT2D eigenvalue weighted by Gasteiger charge is -2.05. The lowest BCUT2D eigenvalue weighted by molar-refractivity contribution is -0.143. The van der Waals surface area contributed by atoms with E-state index in [2.05, 4.69) is 10.1 Å². The number of hydrogen-bond donors (Lipinski definition) is 0. The molecule has 2 heterocycles. The fourth-order valence-corrected chi connectivity index (χ4v) is 3.98. The summed E-state index contributed by atoms with van der Waals surface area (Å²) < 4.78 is 9.40. The van der Waals surface area contributed by atoms with Crippen LogP contribution in [0.1, 0.15) is 35.6 Å². The van der Waals surface area contributed by atoms with Gasteiger partial charge in [0.15, 0.2) is 4.80 Å². The van der Waals surface area contributed by atoms with Crippen LogP contribution >= 0.6 is 11.3 Å². The highest BCUT2D eigenvalue weighted by Crippen LogP contribution is 2.19. The number of esters is 1. The largest absolute Gasteiger partial charge is 0.465 e. The maximum Gasteiger partial charge on any atom is 0.326 e. The van der Waals surface area contributed by atoms with Crippen LogP contribution in [0.25, 0.3) is 10.2 Å². The highest BCUT2D eigenvalue weighted by molar-refractivity contribution is 7.16. The Kier molecular flexibility index (Phi) is 5.55. The van der Waals surface area contributed by atoms with Gasteiger partial charge in [-0.1, -0.05) is 17.4 Å². The molecule has 0 atom stereocenters. The molecule has 8 heteroatoms. The van der Waals surface area contributed by atoms with Gasteiger partial charge in [0.05, 0.1) is 22.5 Å². The fraction of sp³-hybridized carbons (Fsp3) is 0.368. The first kappa shape index (κ1) is 19.0. The van der Waals surface area contributed by atoms with Gasteiger partial charge in [0.1, 0.15) is 12.2 Å². The monoisotopic (exact) mass is 386 g/mol. The predicted octanol–water partition coefficient (Wildman–Crippen LogP) is 2.84. The molecule has 3 rings (SSSR count). The number of thiazole rings is 1. The number of aryl methyl sites for hydroxylation is 3. The fourth-order valence-electron chi connectivity index (χ4n) is 2.86. The van der Waals surface area contributed by atoms with Crippen molar-refractivity contribution in [2.24, 2.45) is 4.99 Å². The van der Waals surface area contributed by atoms with E-state index in [-0.39, 0.29) is 18.4 Å². The lowest BCUT2D eigenvalue weighted by atomic mass is 10.2. The Morgan fingerprint density at radius 2 is 2.00 bits per heavy atom. The van der Waals surface area contributed by atoms with Crippen LogP contribution < -0.4 is 4.80 Å². The normalized spacial score (nSPS) is 11.9. The highest BCUT2D eigenvalue weighted by atomic mass is 32.1. The minimum atomic E-state index is -0.377. The summed E-state index contributed by atoms with van der Waals surface area (Å²) in [7, 11) is 0. The predicted molar refractivity (Wildman–Crippen MR) is 104 cm³/mol. The number of fused-ring (bicyclic) bond motifs is 1. The molecule has 1 amide bonds. The molecule has 3 aromatic rings. The van der Waals surface area contributed by atoms with E-state index < -0.39 is 0 Å². The summed E-state index contributed by atoms with van der Waals surface area (Å²) in [4.78, 5) is 29.6. The Morgan fingerprint density at radius 1 is 1.22 bits per heavy atom. The average Bonchev–Trinajstić information content (AvgIpc) is 3.15. The van der Waals surface area contributed by atoms with Gasteiger partial charge >= 0.3 is 5.97 Å². The van der Waals surface area contributed by atoms with Crippen LogP contribution in [0.4, 0.5) is 0 Å². The Balaban J connectivity index is 2.12. The van der Waals surface area contributed by atoms with Gasteiger partial charge in [-0.15, -0.1) is 0 Å². The third kappa shape index (κ3) is 4.00. The quantitative estimate of drug-likeness (QED) is 0.632. The zero-order valence-corrected chi connectivity index (χ0v) is 16.7. The molecule has 142 valence electrons. The molecule has 0 aliphatic rings. The second-order valence-electron chi connectivity index (χ2n) is 6.15. The smallest absolute Gasteiger partial charge is 0.326 e. The Morgan fingerprint density at radius 3 is 2.70 bits per heavy atom. The van der Waals surface area contributed by atoms with Crippen LogP contribution in [0.15, 0.2) is 29.3 Å². The maximum absolute atomic E-state index is 12.8.